The van der Waals surface area contributed by atoms with Crippen LogP contribution in [0.25, 0.3) is 0 Å². The predicted octanol–water partition coefficient (Wildman–Crippen LogP) is 0.193. The molecule has 124 valence electrons. The molecule has 22 heavy (non-hydrogen) atoms. The molecule has 8 nitrogen and oxygen atoms in total. The SMILES string of the molecule is Cc1nc(NCCNS(=O)(=O)N2CCCC2)cc(N(C)C)n1. The standard InChI is InChI=1S/C13H24N6O2S/c1-11-16-12(10-13(17-11)18(2)3)14-6-7-15-22(20,21)19-8-4-5-9-19/h10,15H,4-9H2,1-3H3,(H,14,16,17). The van der Waals surface area contributed by atoms with E-state index < -0.39 is 10.2 Å². The van der Waals surface area contributed by atoms with Gasteiger partial charge in [-0.2, -0.15) is 12.7 Å². The molecule has 0 bridgehead atoms. The molecule has 1 fully saturated rings. The van der Waals surface area contributed by atoms with E-state index in [0.29, 0.717) is 37.8 Å². The molecular weight excluding hydrogens is 304 g/mol. The number of hydrogen-bond acceptors (Lipinski definition) is 6. The van der Waals surface area contributed by atoms with Gasteiger partial charge in [0.1, 0.15) is 17.5 Å². The van der Waals surface area contributed by atoms with Crippen molar-refractivity contribution in [3.8, 4) is 0 Å². The van der Waals surface area contributed by atoms with Crippen molar-refractivity contribution in [2.75, 3.05) is 50.5 Å². The van der Waals surface area contributed by atoms with Gasteiger partial charge in [0.05, 0.1) is 0 Å². The van der Waals surface area contributed by atoms with E-state index in [-0.39, 0.29) is 0 Å². The van der Waals surface area contributed by atoms with Gasteiger partial charge < -0.3 is 10.2 Å². The maximum Gasteiger partial charge on any atom is 0.279 e. The summed E-state index contributed by atoms with van der Waals surface area (Å²) in [6, 6.07) is 1.84. The molecule has 2 rings (SSSR count). The number of rotatable bonds is 7. The first kappa shape index (κ1) is 16.9. The molecule has 9 heteroatoms. The van der Waals surface area contributed by atoms with Crippen LogP contribution in [-0.4, -0.2) is 63.0 Å². The van der Waals surface area contributed by atoms with Crippen molar-refractivity contribution < 1.29 is 8.42 Å². The summed E-state index contributed by atoms with van der Waals surface area (Å²) in [7, 11) is 0.483. The predicted molar refractivity (Wildman–Crippen MR) is 87.3 cm³/mol. The van der Waals surface area contributed by atoms with E-state index in [2.05, 4.69) is 20.0 Å². The van der Waals surface area contributed by atoms with E-state index in [4.69, 9.17) is 0 Å². The molecule has 0 spiro atoms. The minimum Gasteiger partial charge on any atom is -0.369 e. The Bertz CT molecular complexity index is 599. The van der Waals surface area contributed by atoms with Crippen molar-refractivity contribution in [3.63, 3.8) is 0 Å². The second-order valence-corrected chi connectivity index (χ2v) is 7.24. The monoisotopic (exact) mass is 328 g/mol. The van der Waals surface area contributed by atoms with Crippen molar-refractivity contribution in [2.24, 2.45) is 0 Å². The van der Waals surface area contributed by atoms with Gasteiger partial charge in [0.2, 0.25) is 0 Å². The minimum atomic E-state index is -3.34. The summed E-state index contributed by atoms with van der Waals surface area (Å²) in [6.07, 6.45) is 1.87. The normalized spacial score (nSPS) is 16.0. The topological polar surface area (TPSA) is 90.5 Å². The molecule has 0 aliphatic carbocycles. The van der Waals surface area contributed by atoms with Crippen molar-refractivity contribution in [1.29, 1.82) is 0 Å². The maximum absolute atomic E-state index is 12.0. The highest BCUT2D eigenvalue weighted by molar-refractivity contribution is 7.87. The zero-order valence-corrected chi connectivity index (χ0v) is 14.2. The Labute approximate surface area is 132 Å². The lowest BCUT2D eigenvalue weighted by Crippen LogP contribution is -2.40. The van der Waals surface area contributed by atoms with Gasteiger partial charge in [-0.3, -0.25) is 0 Å². The van der Waals surface area contributed by atoms with Crippen LogP contribution in [0.1, 0.15) is 18.7 Å². The maximum atomic E-state index is 12.0. The van der Waals surface area contributed by atoms with Crippen LogP contribution in [0.4, 0.5) is 11.6 Å². The number of nitrogens with one attached hydrogen (secondary N) is 2. The van der Waals surface area contributed by atoms with Gasteiger partial charge in [-0.05, 0) is 19.8 Å². The molecule has 0 unspecified atom stereocenters. The van der Waals surface area contributed by atoms with Crippen LogP contribution in [0.2, 0.25) is 0 Å². The first-order chi connectivity index (χ1) is 10.4. The molecule has 1 saturated heterocycles. The lowest BCUT2D eigenvalue weighted by atomic mass is 10.4. The van der Waals surface area contributed by atoms with Gasteiger partial charge in [0.15, 0.2) is 0 Å². The Morgan fingerprint density at radius 2 is 1.91 bits per heavy atom. The summed E-state index contributed by atoms with van der Waals surface area (Å²) in [6.45, 7) is 3.84. The summed E-state index contributed by atoms with van der Waals surface area (Å²) in [5.74, 6) is 2.18. The Hall–Kier alpha value is -1.45. The molecule has 1 aromatic rings. The fourth-order valence-electron chi connectivity index (χ4n) is 2.26. The van der Waals surface area contributed by atoms with E-state index in [1.165, 1.54) is 4.31 Å². The lowest BCUT2D eigenvalue weighted by Gasteiger charge is -2.17. The van der Waals surface area contributed by atoms with E-state index in [9.17, 15) is 8.42 Å². The number of anilines is 2. The highest BCUT2D eigenvalue weighted by atomic mass is 32.2. The van der Waals surface area contributed by atoms with Crippen molar-refractivity contribution in [3.05, 3.63) is 11.9 Å². The molecule has 0 amide bonds. The van der Waals surface area contributed by atoms with E-state index in [0.717, 1.165) is 18.7 Å². The number of hydrogen-bond donors (Lipinski definition) is 2. The summed E-state index contributed by atoms with van der Waals surface area (Å²) in [5.41, 5.74) is 0. The van der Waals surface area contributed by atoms with Crippen LogP contribution in [0.15, 0.2) is 6.07 Å². The first-order valence-corrected chi connectivity index (χ1v) is 8.84. The largest absolute Gasteiger partial charge is 0.369 e. The Morgan fingerprint density at radius 3 is 2.55 bits per heavy atom. The zero-order chi connectivity index (χ0) is 16.2. The average Bonchev–Trinajstić information content (AvgIpc) is 2.98. The fraction of sp³-hybridized carbons (Fsp3) is 0.692. The number of nitrogens with zero attached hydrogens (tertiary/aromatic N) is 4. The second kappa shape index (κ2) is 7.21. The molecule has 0 radical (unpaired) electrons. The van der Waals surface area contributed by atoms with Crippen molar-refractivity contribution in [2.45, 2.75) is 19.8 Å². The second-order valence-electron chi connectivity index (χ2n) is 5.49. The van der Waals surface area contributed by atoms with Gasteiger partial charge in [0, 0.05) is 46.3 Å². The summed E-state index contributed by atoms with van der Waals surface area (Å²) >= 11 is 0. The van der Waals surface area contributed by atoms with Crippen LogP contribution >= 0.6 is 0 Å². The fourth-order valence-corrected chi connectivity index (χ4v) is 3.54. The van der Waals surface area contributed by atoms with Gasteiger partial charge in [-0.25, -0.2) is 14.7 Å². The molecule has 1 aromatic heterocycles. The molecule has 0 atom stereocenters. The molecule has 1 aliphatic heterocycles. The molecule has 0 saturated carbocycles. The van der Waals surface area contributed by atoms with E-state index in [1.807, 2.05) is 32.0 Å². The molecular formula is C13H24N6O2S. The Kier molecular flexibility index (Phi) is 5.54. The van der Waals surface area contributed by atoms with Gasteiger partial charge in [-0.1, -0.05) is 0 Å². The van der Waals surface area contributed by atoms with Crippen LogP contribution in [0.3, 0.4) is 0 Å². The van der Waals surface area contributed by atoms with E-state index in [1.54, 1.807) is 0 Å². The van der Waals surface area contributed by atoms with Crippen LogP contribution in [-0.2, 0) is 10.2 Å². The van der Waals surface area contributed by atoms with Crippen LogP contribution < -0.4 is 14.9 Å². The average molecular weight is 328 g/mol. The number of aromatic nitrogens is 2. The molecule has 2 heterocycles. The van der Waals surface area contributed by atoms with Crippen molar-refractivity contribution in [1.82, 2.24) is 19.0 Å². The molecule has 0 aromatic carbocycles. The van der Waals surface area contributed by atoms with Gasteiger partial charge in [-0.15, -0.1) is 0 Å². The van der Waals surface area contributed by atoms with Gasteiger partial charge in [0.25, 0.3) is 10.2 Å². The van der Waals surface area contributed by atoms with Crippen molar-refractivity contribution >= 4 is 21.8 Å². The Balaban J connectivity index is 1.84. The molecule has 2 N–H and O–H groups in total. The third-order valence-corrected chi connectivity index (χ3v) is 5.02. The molecule has 1 aliphatic rings. The minimum absolute atomic E-state index is 0.319. The van der Waals surface area contributed by atoms with E-state index >= 15 is 0 Å². The van der Waals surface area contributed by atoms with Gasteiger partial charge >= 0.3 is 0 Å². The third kappa shape index (κ3) is 4.52. The highest BCUT2D eigenvalue weighted by Gasteiger charge is 2.24. The van der Waals surface area contributed by atoms with Crippen LogP contribution in [0, 0.1) is 6.92 Å². The summed E-state index contributed by atoms with van der Waals surface area (Å²) in [4.78, 5) is 10.5. The first-order valence-electron chi connectivity index (χ1n) is 7.40. The third-order valence-electron chi connectivity index (χ3n) is 3.40. The summed E-state index contributed by atoms with van der Waals surface area (Å²) < 4.78 is 28.1. The highest BCUT2D eigenvalue weighted by Crippen LogP contribution is 2.13. The lowest BCUT2D eigenvalue weighted by molar-refractivity contribution is 0.466. The van der Waals surface area contributed by atoms with Crippen LogP contribution in [0.5, 0.6) is 0 Å². The smallest absolute Gasteiger partial charge is 0.279 e. The quantitative estimate of drug-likeness (QED) is 0.695. The summed E-state index contributed by atoms with van der Waals surface area (Å²) in [5, 5.41) is 3.12. The number of aryl methyl sites for hydroxylation is 1. The Morgan fingerprint density at radius 1 is 1.23 bits per heavy atom. The zero-order valence-electron chi connectivity index (χ0n) is 13.3.